The molecule has 0 spiro atoms. The zero-order chi connectivity index (χ0) is 10.7. The summed E-state index contributed by atoms with van der Waals surface area (Å²) in [5.74, 6) is 1.74. The number of aromatic amines is 1. The number of benzene rings is 1. The molecule has 0 aliphatic heterocycles. The van der Waals surface area contributed by atoms with Gasteiger partial charge in [0, 0.05) is 12.2 Å². The van der Waals surface area contributed by atoms with Crippen molar-refractivity contribution < 1.29 is 0 Å². The van der Waals surface area contributed by atoms with Gasteiger partial charge < -0.3 is 10.7 Å². The third-order valence-corrected chi connectivity index (χ3v) is 2.75. The lowest BCUT2D eigenvalue weighted by Gasteiger charge is -1.95. The third-order valence-electron chi connectivity index (χ3n) is 2.03. The molecule has 0 saturated carbocycles. The quantitative estimate of drug-likeness (QED) is 0.544. The van der Waals surface area contributed by atoms with Crippen molar-refractivity contribution in [3.63, 3.8) is 0 Å². The maximum Gasteiger partial charge on any atom is 0.151 e. The number of hydrogen-bond acceptors (Lipinski definition) is 3. The van der Waals surface area contributed by atoms with Gasteiger partial charge in [-0.2, -0.15) is 0 Å². The number of H-pyrrole nitrogens is 1. The molecule has 0 bridgehead atoms. The van der Waals surface area contributed by atoms with Crippen molar-refractivity contribution in [2.45, 2.75) is 6.42 Å². The second-order valence-corrected chi connectivity index (χ2v) is 4.30. The second kappa shape index (κ2) is 4.35. The van der Waals surface area contributed by atoms with E-state index in [1.807, 2.05) is 24.3 Å². The molecule has 0 unspecified atom stereocenters. The number of aromatic nitrogens is 2. The minimum absolute atomic E-state index is 0.158. The van der Waals surface area contributed by atoms with E-state index in [-0.39, 0.29) is 5.17 Å². The van der Waals surface area contributed by atoms with Crippen LogP contribution in [0, 0.1) is 5.41 Å². The predicted molar refractivity (Wildman–Crippen MR) is 64.2 cm³/mol. The predicted octanol–water partition coefficient (Wildman–Crippen LogP) is 1.73. The van der Waals surface area contributed by atoms with E-state index in [0.717, 1.165) is 29.0 Å². The topological polar surface area (TPSA) is 78.6 Å². The summed E-state index contributed by atoms with van der Waals surface area (Å²) in [7, 11) is 0. The first-order valence-corrected chi connectivity index (χ1v) is 5.65. The number of nitrogens with two attached hydrogens (primary N) is 1. The van der Waals surface area contributed by atoms with Crippen molar-refractivity contribution in [2.24, 2.45) is 5.73 Å². The molecule has 0 fully saturated rings. The molecule has 1 heterocycles. The summed E-state index contributed by atoms with van der Waals surface area (Å²) in [6.45, 7) is 0. The van der Waals surface area contributed by atoms with Crippen LogP contribution in [0.15, 0.2) is 24.3 Å². The van der Waals surface area contributed by atoms with Gasteiger partial charge in [0.1, 0.15) is 5.82 Å². The Bertz CT molecular complexity index is 444. The molecule has 78 valence electrons. The van der Waals surface area contributed by atoms with Gasteiger partial charge in [-0.25, -0.2) is 4.98 Å². The normalized spacial score (nSPS) is 10.7. The van der Waals surface area contributed by atoms with Gasteiger partial charge in [0.25, 0.3) is 0 Å². The third kappa shape index (κ3) is 2.50. The molecule has 0 atom stereocenters. The van der Waals surface area contributed by atoms with E-state index in [2.05, 4.69) is 9.97 Å². The van der Waals surface area contributed by atoms with Crippen LogP contribution in [0.1, 0.15) is 5.82 Å². The lowest BCUT2D eigenvalue weighted by molar-refractivity contribution is 1.01. The van der Waals surface area contributed by atoms with E-state index in [4.69, 9.17) is 11.1 Å². The number of nitrogens with zero attached hydrogens (tertiary/aromatic N) is 1. The van der Waals surface area contributed by atoms with Crippen LogP contribution >= 0.6 is 11.8 Å². The fourth-order valence-electron chi connectivity index (χ4n) is 1.38. The molecular formula is C10H12N4S. The van der Waals surface area contributed by atoms with Crippen LogP contribution < -0.4 is 5.73 Å². The number of hydrogen-bond donors (Lipinski definition) is 3. The highest BCUT2D eigenvalue weighted by Gasteiger charge is 2.01. The van der Waals surface area contributed by atoms with E-state index in [9.17, 15) is 0 Å². The van der Waals surface area contributed by atoms with E-state index in [1.54, 1.807) is 0 Å². The lowest BCUT2D eigenvalue weighted by atomic mass is 10.3. The SMILES string of the molecule is N=C(N)SCCc1nc2ccccc2[nH]1. The smallest absolute Gasteiger partial charge is 0.151 e. The minimum atomic E-state index is 0.158. The van der Waals surface area contributed by atoms with Gasteiger partial charge in [-0.15, -0.1) is 0 Å². The van der Waals surface area contributed by atoms with Gasteiger partial charge in [-0.05, 0) is 12.1 Å². The van der Waals surface area contributed by atoms with Gasteiger partial charge in [0.05, 0.1) is 11.0 Å². The molecule has 2 aromatic rings. The zero-order valence-corrected chi connectivity index (χ0v) is 8.97. The van der Waals surface area contributed by atoms with E-state index >= 15 is 0 Å². The number of imidazole rings is 1. The Balaban J connectivity index is 2.05. The average Bonchev–Trinajstić information content (AvgIpc) is 2.59. The van der Waals surface area contributed by atoms with E-state index in [0.29, 0.717) is 0 Å². The Morgan fingerprint density at radius 1 is 1.47 bits per heavy atom. The monoisotopic (exact) mass is 220 g/mol. The molecular weight excluding hydrogens is 208 g/mol. The fraction of sp³-hybridized carbons (Fsp3) is 0.200. The molecule has 4 nitrogen and oxygen atoms in total. The van der Waals surface area contributed by atoms with Gasteiger partial charge in [0.2, 0.25) is 0 Å². The minimum Gasteiger partial charge on any atom is -0.379 e. The summed E-state index contributed by atoms with van der Waals surface area (Å²) >= 11 is 1.34. The highest BCUT2D eigenvalue weighted by Crippen LogP contribution is 2.11. The molecule has 0 amide bonds. The summed E-state index contributed by atoms with van der Waals surface area (Å²) in [5, 5.41) is 7.24. The number of amidine groups is 1. The number of fused-ring (bicyclic) bond motifs is 1. The van der Waals surface area contributed by atoms with Crippen molar-refractivity contribution in [2.75, 3.05) is 5.75 Å². The summed E-state index contributed by atoms with van der Waals surface area (Å²) < 4.78 is 0. The highest BCUT2D eigenvalue weighted by atomic mass is 32.2. The van der Waals surface area contributed by atoms with Crippen molar-refractivity contribution in [3.05, 3.63) is 30.1 Å². The first-order chi connectivity index (χ1) is 7.25. The standard InChI is InChI=1S/C10H12N4S/c11-10(12)15-6-5-9-13-7-3-1-2-4-8(7)14-9/h1-4H,5-6H2,(H3,11,12)(H,13,14). The van der Waals surface area contributed by atoms with E-state index < -0.39 is 0 Å². The van der Waals surface area contributed by atoms with Gasteiger partial charge in [-0.3, -0.25) is 5.41 Å². The molecule has 5 heteroatoms. The van der Waals surface area contributed by atoms with Crippen LogP contribution in [0.3, 0.4) is 0 Å². The summed E-state index contributed by atoms with van der Waals surface area (Å²) in [6.07, 6.45) is 0.804. The fourth-order valence-corrected chi connectivity index (χ4v) is 1.90. The first-order valence-electron chi connectivity index (χ1n) is 4.66. The molecule has 15 heavy (non-hydrogen) atoms. The Kier molecular flexibility index (Phi) is 2.91. The molecule has 0 aliphatic carbocycles. The van der Waals surface area contributed by atoms with Crippen LogP contribution in [0.4, 0.5) is 0 Å². The maximum atomic E-state index is 7.08. The molecule has 2 rings (SSSR count). The largest absolute Gasteiger partial charge is 0.379 e. The lowest BCUT2D eigenvalue weighted by Crippen LogP contribution is -2.05. The Hall–Kier alpha value is -1.49. The molecule has 0 saturated heterocycles. The maximum absolute atomic E-state index is 7.08. The van der Waals surface area contributed by atoms with Gasteiger partial charge in [-0.1, -0.05) is 23.9 Å². The van der Waals surface area contributed by atoms with Gasteiger partial charge >= 0.3 is 0 Å². The average molecular weight is 220 g/mol. The number of para-hydroxylation sites is 2. The van der Waals surface area contributed by atoms with Crippen LogP contribution in [0.25, 0.3) is 11.0 Å². The highest BCUT2D eigenvalue weighted by molar-refractivity contribution is 8.13. The Morgan fingerprint density at radius 2 is 2.27 bits per heavy atom. The number of aryl methyl sites for hydroxylation is 1. The van der Waals surface area contributed by atoms with E-state index in [1.165, 1.54) is 11.8 Å². The number of thioether (sulfide) groups is 1. The second-order valence-electron chi connectivity index (χ2n) is 3.16. The number of rotatable bonds is 3. The van der Waals surface area contributed by atoms with Crippen LogP contribution in [-0.2, 0) is 6.42 Å². The molecule has 0 aliphatic rings. The van der Waals surface area contributed by atoms with Gasteiger partial charge in [0.15, 0.2) is 5.17 Å². The first kappa shape index (κ1) is 10.0. The van der Waals surface area contributed by atoms with Crippen LogP contribution in [-0.4, -0.2) is 20.9 Å². The molecule has 0 radical (unpaired) electrons. The molecule has 1 aromatic carbocycles. The summed E-state index contributed by atoms with van der Waals surface area (Å²) in [4.78, 5) is 7.66. The Labute approximate surface area is 91.8 Å². The molecule has 4 N–H and O–H groups in total. The van der Waals surface area contributed by atoms with Crippen molar-refractivity contribution in [1.29, 1.82) is 5.41 Å². The number of nitrogens with one attached hydrogen (secondary N) is 2. The Morgan fingerprint density at radius 3 is 3.00 bits per heavy atom. The zero-order valence-electron chi connectivity index (χ0n) is 8.16. The van der Waals surface area contributed by atoms with Crippen molar-refractivity contribution in [3.8, 4) is 0 Å². The van der Waals surface area contributed by atoms with Crippen molar-refractivity contribution >= 4 is 28.0 Å². The van der Waals surface area contributed by atoms with Crippen molar-refractivity contribution in [1.82, 2.24) is 9.97 Å². The molecule has 1 aromatic heterocycles. The van der Waals surface area contributed by atoms with Crippen LogP contribution in [0.5, 0.6) is 0 Å². The summed E-state index contributed by atoms with van der Waals surface area (Å²) in [5.41, 5.74) is 7.29. The summed E-state index contributed by atoms with van der Waals surface area (Å²) in [6, 6.07) is 7.93. The van der Waals surface area contributed by atoms with Crippen LogP contribution in [0.2, 0.25) is 0 Å².